The fraction of sp³-hybridized carbons (Fsp3) is 0.946. The summed E-state index contributed by atoms with van der Waals surface area (Å²) in [4.78, 5) is 38.0. The Morgan fingerprint density at radius 2 is 0.532 bits per heavy atom. The molecule has 1 atom stereocenters. The van der Waals surface area contributed by atoms with Crippen molar-refractivity contribution >= 4 is 17.9 Å². The number of ether oxygens (including phenoxy) is 3. The fourth-order valence-corrected chi connectivity index (χ4v) is 8.57. The molecule has 0 aromatic heterocycles. The molecule has 0 heterocycles. The molecule has 0 saturated heterocycles. The molecule has 0 aromatic rings. The van der Waals surface area contributed by atoms with Crippen LogP contribution in [0.3, 0.4) is 0 Å². The zero-order chi connectivity index (χ0) is 45.2. The first-order valence-corrected chi connectivity index (χ1v) is 27.9. The molecule has 0 bridgehead atoms. The van der Waals surface area contributed by atoms with Gasteiger partial charge in [-0.25, -0.2) is 0 Å². The minimum absolute atomic E-state index is 0.0621. The third-order valence-electron chi connectivity index (χ3n) is 12.8. The molecule has 0 fully saturated rings. The quantitative estimate of drug-likeness (QED) is 0.0344. The first kappa shape index (κ1) is 60.4. The highest BCUT2D eigenvalue weighted by Crippen LogP contribution is 2.18. The molecule has 6 heteroatoms. The minimum atomic E-state index is -0.761. The largest absolute Gasteiger partial charge is 0.462 e. The Bertz CT molecular complexity index is 933. The zero-order valence-electron chi connectivity index (χ0n) is 42.3. The first-order chi connectivity index (χ1) is 30.4. The van der Waals surface area contributed by atoms with Crippen molar-refractivity contribution < 1.29 is 28.6 Å². The van der Waals surface area contributed by atoms with Gasteiger partial charge in [0.1, 0.15) is 13.2 Å². The Morgan fingerprint density at radius 3 is 0.790 bits per heavy atom. The maximum absolute atomic E-state index is 12.8. The number of esters is 3. The van der Waals surface area contributed by atoms with Gasteiger partial charge in [-0.15, -0.1) is 0 Å². The number of hydrogen-bond acceptors (Lipinski definition) is 6. The van der Waals surface area contributed by atoms with Gasteiger partial charge in [-0.2, -0.15) is 0 Å². The van der Waals surface area contributed by atoms with E-state index in [9.17, 15) is 14.4 Å². The van der Waals surface area contributed by atoms with E-state index in [0.717, 1.165) is 63.7 Å². The van der Waals surface area contributed by atoms with E-state index in [4.69, 9.17) is 14.2 Å². The summed E-state index contributed by atoms with van der Waals surface area (Å²) in [6, 6.07) is 0. The van der Waals surface area contributed by atoms with E-state index in [-0.39, 0.29) is 31.1 Å². The van der Waals surface area contributed by atoms with Gasteiger partial charge in [0.15, 0.2) is 6.10 Å². The second-order valence-corrected chi connectivity index (χ2v) is 19.7. The van der Waals surface area contributed by atoms with Crippen LogP contribution in [0.15, 0.2) is 0 Å². The van der Waals surface area contributed by atoms with Crippen molar-refractivity contribution in [2.75, 3.05) is 13.2 Å². The Hall–Kier alpha value is -1.59. The summed E-state index contributed by atoms with van der Waals surface area (Å²) in [5, 5.41) is 0. The van der Waals surface area contributed by atoms with Gasteiger partial charge < -0.3 is 14.2 Å². The van der Waals surface area contributed by atoms with Gasteiger partial charge in [-0.3, -0.25) is 14.4 Å². The van der Waals surface area contributed by atoms with Crippen LogP contribution in [0.4, 0.5) is 0 Å². The molecule has 0 spiro atoms. The van der Waals surface area contributed by atoms with Crippen molar-refractivity contribution in [3.8, 4) is 0 Å². The molecule has 6 nitrogen and oxygen atoms in total. The molecular formula is C56H108O6. The highest BCUT2D eigenvalue weighted by atomic mass is 16.6. The Balaban J connectivity index is 4.27. The number of unbranched alkanes of at least 4 members (excludes halogenated alkanes) is 38. The fourth-order valence-electron chi connectivity index (χ4n) is 8.57. The Kier molecular flexibility index (Phi) is 49.1. The van der Waals surface area contributed by atoms with Crippen molar-refractivity contribution in [2.45, 2.75) is 323 Å². The van der Waals surface area contributed by atoms with Gasteiger partial charge in [-0.1, -0.05) is 278 Å². The van der Waals surface area contributed by atoms with Gasteiger partial charge in [-0.05, 0) is 25.2 Å². The average molecular weight is 877 g/mol. The van der Waals surface area contributed by atoms with Crippen LogP contribution in [-0.4, -0.2) is 37.2 Å². The second kappa shape index (κ2) is 50.4. The first-order valence-electron chi connectivity index (χ1n) is 27.9. The van der Waals surface area contributed by atoms with Crippen molar-refractivity contribution in [1.29, 1.82) is 0 Å². The predicted octanol–water partition coefficient (Wildman–Crippen LogP) is 18.2. The number of hydrogen-bond donors (Lipinski definition) is 0. The molecule has 0 rings (SSSR count). The van der Waals surface area contributed by atoms with Gasteiger partial charge in [0.2, 0.25) is 0 Å². The number of carbonyl (C=O) groups is 3. The van der Waals surface area contributed by atoms with E-state index in [1.54, 1.807) is 0 Å². The van der Waals surface area contributed by atoms with Gasteiger partial charge in [0, 0.05) is 19.3 Å². The Labute approximate surface area is 387 Å². The lowest BCUT2D eigenvalue weighted by atomic mass is 10.0. The average Bonchev–Trinajstić information content (AvgIpc) is 3.26. The van der Waals surface area contributed by atoms with E-state index in [2.05, 4.69) is 27.7 Å². The third-order valence-corrected chi connectivity index (χ3v) is 12.8. The van der Waals surface area contributed by atoms with Crippen LogP contribution < -0.4 is 0 Å². The Morgan fingerprint density at radius 1 is 0.306 bits per heavy atom. The van der Waals surface area contributed by atoms with Gasteiger partial charge >= 0.3 is 17.9 Å². The van der Waals surface area contributed by atoms with Crippen molar-refractivity contribution in [3.05, 3.63) is 0 Å². The standard InChI is InChI=1S/C56H108O6/c1-5-7-9-11-13-15-17-18-19-20-21-24-28-32-36-40-44-48-55(58)61-51-53(50-60-54(57)47-43-39-35-31-26-16-14-12-10-8-6-2)62-56(59)49-45-41-37-33-29-25-22-23-27-30-34-38-42-46-52(3)4/h52-53H,5-51H2,1-4H3/t53-/m0/s1. The van der Waals surface area contributed by atoms with E-state index in [0.29, 0.717) is 19.3 Å². The molecule has 62 heavy (non-hydrogen) atoms. The number of carbonyl (C=O) groups excluding carboxylic acids is 3. The molecule has 368 valence electrons. The van der Waals surface area contributed by atoms with Crippen molar-refractivity contribution in [3.63, 3.8) is 0 Å². The molecular weight excluding hydrogens is 769 g/mol. The predicted molar refractivity (Wildman–Crippen MR) is 266 cm³/mol. The third kappa shape index (κ3) is 49.4. The second-order valence-electron chi connectivity index (χ2n) is 19.7. The molecule has 0 aliphatic carbocycles. The summed E-state index contributed by atoms with van der Waals surface area (Å²) in [6.07, 6.45) is 53.7. The maximum Gasteiger partial charge on any atom is 0.306 e. The molecule has 0 saturated carbocycles. The van der Waals surface area contributed by atoms with E-state index < -0.39 is 6.10 Å². The highest BCUT2D eigenvalue weighted by Gasteiger charge is 2.19. The molecule has 0 N–H and O–H groups in total. The van der Waals surface area contributed by atoms with Crippen LogP contribution in [-0.2, 0) is 28.6 Å². The lowest BCUT2D eigenvalue weighted by molar-refractivity contribution is -0.167. The summed E-state index contributed by atoms with van der Waals surface area (Å²) >= 11 is 0. The summed E-state index contributed by atoms with van der Waals surface area (Å²) in [7, 11) is 0. The molecule has 0 radical (unpaired) electrons. The van der Waals surface area contributed by atoms with Crippen molar-refractivity contribution in [1.82, 2.24) is 0 Å². The summed E-state index contributed by atoms with van der Waals surface area (Å²) < 4.78 is 16.9. The van der Waals surface area contributed by atoms with Crippen LogP contribution in [0.1, 0.15) is 317 Å². The number of rotatable bonds is 51. The normalized spacial score (nSPS) is 12.0. The van der Waals surface area contributed by atoms with Gasteiger partial charge in [0.05, 0.1) is 0 Å². The minimum Gasteiger partial charge on any atom is -0.462 e. The van der Waals surface area contributed by atoms with Gasteiger partial charge in [0.25, 0.3) is 0 Å². The highest BCUT2D eigenvalue weighted by molar-refractivity contribution is 5.71. The molecule has 0 aromatic carbocycles. The van der Waals surface area contributed by atoms with E-state index in [1.165, 1.54) is 212 Å². The smallest absolute Gasteiger partial charge is 0.306 e. The van der Waals surface area contributed by atoms with E-state index in [1.807, 2.05) is 0 Å². The molecule has 0 aliphatic rings. The SMILES string of the molecule is CCCCCCCCCCCCCCCCCCCC(=O)OC[C@H](COC(=O)CCCCCCCCCCCCC)OC(=O)CCCCCCCCCCCCCCCC(C)C. The molecule has 0 unspecified atom stereocenters. The summed E-state index contributed by atoms with van der Waals surface area (Å²) in [5.41, 5.74) is 0. The van der Waals surface area contributed by atoms with Crippen LogP contribution in [0.5, 0.6) is 0 Å². The van der Waals surface area contributed by atoms with Crippen LogP contribution in [0.25, 0.3) is 0 Å². The molecule has 0 aliphatic heterocycles. The van der Waals surface area contributed by atoms with Crippen LogP contribution in [0.2, 0.25) is 0 Å². The van der Waals surface area contributed by atoms with Crippen LogP contribution in [0, 0.1) is 5.92 Å². The van der Waals surface area contributed by atoms with Crippen molar-refractivity contribution in [2.24, 2.45) is 5.92 Å². The lowest BCUT2D eigenvalue weighted by Gasteiger charge is -2.18. The zero-order valence-corrected chi connectivity index (χ0v) is 42.3. The van der Waals surface area contributed by atoms with Crippen LogP contribution >= 0.6 is 0 Å². The summed E-state index contributed by atoms with van der Waals surface area (Å²) in [6.45, 7) is 9.05. The topological polar surface area (TPSA) is 78.9 Å². The monoisotopic (exact) mass is 877 g/mol. The van der Waals surface area contributed by atoms with E-state index >= 15 is 0 Å². The maximum atomic E-state index is 12.8. The molecule has 0 amide bonds. The lowest BCUT2D eigenvalue weighted by Crippen LogP contribution is -2.30. The summed E-state index contributed by atoms with van der Waals surface area (Å²) in [5.74, 6) is -0.000837.